The van der Waals surface area contributed by atoms with E-state index in [0.29, 0.717) is 24.5 Å². The average Bonchev–Trinajstić information content (AvgIpc) is 2.76. The third kappa shape index (κ3) is 5.83. The van der Waals surface area contributed by atoms with Crippen LogP contribution in [-0.4, -0.2) is 38.3 Å². The Hall–Kier alpha value is -0.610. The number of hydrogen-bond acceptors (Lipinski definition) is 3. The molecule has 0 radical (unpaired) electrons. The van der Waals surface area contributed by atoms with Crippen LogP contribution in [0.2, 0.25) is 0 Å². The van der Waals surface area contributed by atoms with Gasteiger partial charge in [0, 0.05) is 19.7 Å². The summed E-state index contributed by atoms with van der Waals surface area (Å²) in [6, 6.07) is 0. The Morgan fingerprint density at radius 3 is 2.89 bits per heavy atom. The summed E-state index contributed by atoms with van der Waals surface area (Å²) in [5, 5.41) is 6.17. The highest BCUT2D eigenvalue weighted by atomic mass is 16.5. The molecule has 106 valence electrons. The maximum atomic E-state index is 11.5. The highest BCUT2D eigenvalue weighted by Crippen LogP contribution is 2.22. The summed E-state index contributed by atoms with van der Waals surface area (Å²) in [5.41, 5.74) is 0. The fraction of sp³-hybridized carbons (Fsp3) is 0.929. The molecule has 1 fully saturated rings. The first-order valence-electron chi connectivity index (χ1n) is 7.22. The molecule has 1 rings (SSSR count). The lowest BCUT2D eigenvalue weighted by molar-refractivity contribution is -0.120. The minimum atomic E-state index is 0.0996. The van der Waals surface area contributed by atoms with Gasteiger partial charge in [0.15, 0.2) is 0 Å². The zero-order valence-corrected chi connectivity index (χ0v) is 12.0. The standard InChI is InChI=1S/C14H28N2O2/c1-4-13-12(6-8-18-13)9-15-10-14(17)16-7-5-11(2)3/h11-13,15H,4-10H2,1-3H3,(H,16,17). The zero-order valence-electron chi connectivity index (χ0n) is 12.0. The van der Waals surface area contributed by atoms with E-state index in [4.69, 9.17) is 4.74 Å². The van der Waals surface area contributed by atoms with Crippen LogP contribution in [0.3, 0.4) is 0 Å². The number of ether oxygens (including phenoxy) is 1. The number of carbonyl (C=O) groups is 1. The third-order valence-corrected chi connectivity index (χ3v) is 3.48. The molecule has 0 saturated carbocycles. The molecule has 0 bridgehead atoms. The van der Waals surface area contributed by atoms with E-state index in [1.54, 1.807) is 0 Å². The first-order chi connectivity index (χ1) is 8.63. The van der Waals surface area contributed by atoms with Gasteiger partial charge in [-0.3, -0.25) is 4.79 Å². The van der Waals surface area contributed by atoms with Crippen molar-refractivity contribution in [3.8, 4) is 0 Å². The normalized spacial score (nSPS) is 23.6. The molecular formula is C14H28N2O2. The molecule has 1 aliphatic heterocycles. The van der Waals surface area contributed by atoms with Crippen LogP contribution in [0.25, 0.3) is 0 Å². The van der Waals surface area contributed by atoms with E-state index in [1.165, 1.54) is 0 Å². The van der Waals surface area contributed by atoms with Crippen molar-refractivity contribution in [3.05, 3.63) is 0 Å². The van der Waals surface area contributed by atoms with Gasteiger partial charge in [-0.2, -0.15) is 0 Å². The molecule has 0 spiro atoms. The van der Waals surface area contributed by atoms with Crippen LogP contribution in [-0.2, 0) is 9.53 Å². The van der Waals surface area contributed by atoms with E-state index >= 15 is 0 Å². The molecule has 1 aliphatic rings. The molecule has 0 aromatic rings. The van der Waals surface area contributed by atoms with Gasteiger partial charge in [0.1, 0.15) is 0 Å². The highest BCUT2D eigenvalue weighted by Gasteiger charge is 2.26. The Balaban J connectivity index is 2.04. The largest absolute Gasteiger partial charge is 0.378 e. The molecule has 18 heavy (non-hydrogen) atoms. The molecule has 0 aliphatic carbocycles. The van der Waals surface area contributed by atoms with Crippen LogP contribution < -0.4 is 10.6 Å². The average molecular weight is 256 g/mol. The number of hydrogen-bond donors (Lipinski definition) is 2. The van der Waals surface area contributed by atoms with E-state index in [1.807, 2.05) is 0 Å². The predicted molar refractivity (Wildman–Crippen MR) is 73.5 cm³/mol. The second kappa shape index (κ2) is 8.48. The first-order valence-corrected chi connectivity index (χ1v) is 7.22. The Labute approximate surface area is 111 Å². The summed E-state index contributed by atoms with van der Waals surface area (Å²) in [5.74, 6) is 1.31. The number of nitrogens with one attached hydrogen (secondary N) is 2. The van der Waals surface area contributed by atoms with Crippen molar-refractivity contribution in [2.24, 2.45) is 11.8 Å². The van der Waals surface area contributed by atoms with Crippen molar-refractivity contribution < 1.29 is 9.53 Å². The maximum Gasteiger partial charge on any atom is 0.233 e. The smallest absolute Gasteiger partial charge is 0.233 e. The van der Waals surface area contributed by atoms with Gasteiger partial charge in [-0.1, -0.05) is 20.8 Å². The SMILES string of the molecule is CCC1OCCC1CNCC(=O)NCCC(C)C. The van der Waals surface area contributed by atoms with E-state index in [9.17, 15) is 4.79 Å². The summed E-state index contributed by atoms with van der Waals surface area (Å²) in [6.07, 6.45) is 3.59. The molecule has 1 heterocycles. The quantitative estimate of drug-likeness (QED) is 0.693. The summed E-state index contributed by atoms with van der Waals surface area (Å²) >= 11 is 0. The number of amides is 1. The van der Waals surface area contributed by atoms with E-state index in [2.05, 4.69) is 31.4 Å². The van der Waals surface area contributed by atoms with Gasteiger partial charge in [0.2, 0.25) is 5.91 Å². The van der Waals surface area contributed by atoms with Gasteiger partial charge in [-0.15, -0.1) is 0 Å². The van der Waals surface area contributed by atoms with Crippen molar-refractivity contribution in [1.82, 2.24) is 10.6 Å². The maximum absolute atomic E-state index is 11.5. The van der Waals surface area contributed by atoms with Gasteiger partial charge in [0.05, 0.1) is 12.6 Å². The summed E-state index contributed by atoms with van der Waals surface area (Å²) in [7, 11) is 0. The fourth-order valence-electron chi connectivity index (χ4n) is 2.31. The second-order valence-corrected chi connectivity index (χ2v) is 5.53. The summed E-state index contributed by atoms with van der Waals surface area (Å²) < 4.78 is 5.62. The Kier molecular flexibility index (Phi) is 7.28. The van der Waals surface area contributed by atoms with E-state index in [-0.39, 0.29) is 5.91 Å². The Morgan fingerprint density at radius 2 is 2.22 bits per heavy atom. The van der Waals surface area contributed by atoms with Crippen LogP contribution in [0.4, 0.5) is 0 Å². The van der Waals surface area contributed by atoms with Crippen molar-refractivity contribution in [2.75, 3.05) is 26.2 Å². The van der Waals surface area contributed by atoms with Crippen molar-refractivity contribution in [3.63, 3.8) is 0 Å². The summed E-state index contributed by atoms with van der Waals surface area (Å²) in [6.45, 7) is 9.43. The van der Waals surface area contributed by atoms with E-state index < -0.39 is 0 Å². The lowest BCUT2D eigenvalue weighted by atomic mass is 10.00. The van der Waals surface area contributed by atoms with E-state index in [0.717, 1.165) is 39.0 Å². The minimum Gasteiger partial charge on any atom is -0.378 e. The van der Waals surface area contributed by atoms with Gasteiger partial charge >= 0.3 is 0 Å². The Morgan fingerprint density at radius 1 is 1.44 bits per heavy atom. The predicted octanol–water partition coefficient (Wildman–Crippen LogP) is 1.55. The first kappa shape index (κ1) is 15.4. The topological polar surface area (TPSA) is 50.4 Å². The number of carbonyl (C=O) groups excluding carboxylic acids is 1. The van der Waals surface area contributed by atoms with Crippen LogP contribution in [0.5, 0.6) is 0 Å². The van der Waals surface area contributed by atoms with Crippen molar-refractivity contribution in [2.45, 2.75) is 46.1 Å². The molecule has 2 atom stereocenters. The zero-order chi connectivity index (χ0) is 13.4. The third-order valence-electron chi connectivity index (χ3n) is 3.48. The van der Waals surface area contributed by atoms with Crippen LogP contribution in [0.15, 0.2) is 0 Å². The van der Waals surface area contributed by atoms with Gasteiger partial charge < -0.3 is 15.4 Å². The molecule has 0 aromatic carbocycles. The van der Waals surface area contributed by atoms with Crippen LogP contribution >= 0.6 is 0 Å². The molecule has 2 N–H and O–H groups in total. The summed E-state index contributed by atoms with van der Waals surface area (Å²) in [4.78, 5) is 11.5. The van der Waals surface area contributed by atoms with Crippen LogP contribution in [0, 0.1) is 11.8 Å². The van der Waals surface area contributed by atoms with Gasteiger partial charge in [-0.05, 0) is 31.1 Å². The highest BCUT2D eigenvalue weighted by molar-refractivity contribution is 5.77. The van der Waals surface area contributed by atoms with Crippen molar-refractivity contribution >= 4 is 5.91 Å². The molecule has 4 nitrogen and oxygen atoms in total. The second-order valence-electron chi connectivity index (χ2n) is 5.53. The molecule has 1 saturated heterocycles. The minimum absolute atomic E-state index is 0.0996. The number of rotatable bonds is 8. The lowest BCUT2D eigenvalue weighted by Crippen LogP contribution is -2.37. The fourth-order valence-corrected chi connectivity index (χ4v) is 2.31. The molecule has 2 unspecified atom stereocenters. The van der Waals surface area contributed by atoms with Gasteiger partial charge in [0.25, 0.3) is 0 Å². The monoisotopic (exact) mass is 256 g/mol. The lowest BCUT2D eigenvalue weighted by Gasteiger charge is -2.17. The Bertz CT molecular complexity index is 244. The van der Waals surface area contributed by atoms with Gasteiger partial charge in [-0.25, -0.2) is 0 Å². The van der Waals surface area contributed by atoms with Crippen molar-refractivity contribution in [1.29, 1.82) is 0 Å². The molecule has 4 heteroatoms. The molecular weight excluding hydrogens is 228 g/mol. The molecule has 0 aromatic heterocycles. The van der Waals surface area contributed by atoms with Crippen LogP contribution in [0.1, 0.15) is 40.0 Å². The molecule has 1 amide bonds.